The molecule has 0 aliphatic rings. The Morgan fingerprint density at radius 2 is 1.59 bits per heavy atom. The topological polar surface area (TPSA) is 17.1 Å². The van der Waals surface area contributed by atoms with E-state index in [0.717, 1.165) is 0 Å². The highest BCUT2D eigenvalue weighted by molar-refractivity contribution is 5.72. The first-order valence-corrected chi connectivity index (χ1v) is 6.50. The maximum absolute atomic E-state index is 9.44. The minimum Gasteiger partial charge on any atom is -0.300 e. The zero-order chi connectivity index (χ0) is 13.7. The molecule has 17 heavy (non-hydrogen) atoms. The first kappa shape index (κ1) is 18.3. The molecule has 0 radical (unpaired) electrons. The van der Waals surface area contributed by atoms with Gasteiger partial charge in [0.05, 0.1) is 0 Å². The molecule has 0 aliphatic heterocycles. The van der Waals surface area contributed by atoms with E-state index in [1.807, 2.05) is 0 Å². The van der Waals surface area contributed by atoms with Gasteiger partial charge in [0.15, 0.2) is 0 Å². The third-order valence-corrected chi connectivity index (χ3v) is 1.62. The molecule has 0 bridgehead atoms. The highest BCUT2D eigenvalue weighted by Gasteiger charge is 1.88. The summed E-state index contributed by atoms with van der Waals surface area (Å²) >= 11 is 0. The summed E-state index contributed by atoms with van der Waals surface area (Å²) in [5.74, 6) is 0.167. The molecule has 0 N–H and O–H groups in total. The fraction of sp³-hybridized carbons (Fsp3) is 0.562. The lowest BCUT2D eigenvalue weighted by Crippen LogP contribution is -1.82. The van der Waals surface area contributed by atoms with E-state index in [0.29, 0.717) is 0 Å². The Kier molecular flexibility index (Phi) is 13.9. The minimum absolute atomic E-state index is 0.167. The second-order valence-corrected chi connectivity index (χ2v) is 4.35. The van der Waals surface area contributed by atoms with Gasteiger partial charge in [0, 0.05) is 0 Å². The third kappa shape index (κ3) is 17.5. The smallest absolute Gasteiger partial charge is 0.126 e. The van der Waals surface area contributed by atoms with Crippen molar-refractivity contribution in [3.8, 4) is 0 Å². The summed E-state index contributed by atoms with van der Waals surface area (Å²) in [7, 11) is 0. The fourth-order valence-corrected chi connectivity index (χ4v) is 1.16. The maximum atomic E-state index is 9.44. The molecule has 0 amide bonds. The zero-order valence-corrected chi connectivity index (χ0v) is 12.3. The van der Waals surface area contributed by atoms with Crippen LogP contribution in [0.1, 0.15) is 58.6 Å². The highest BCUT2D eigenvalue weighted by atomic mass is 16.1. The number of carbonyl (C=O) groups excluding carboxylic acids is 1. The standard InChI is InChI=1S/C10H14.C3H6O.C3H8/c1-3-5-10-7-4-6-9(2)8-10;1-3(2)4;1-3-2/h4,6-8H,3,5H2,1-2H3;1-2H3;3H2,1-2H3. The number of Topliss-reactive ketones (excluding diaryl/α,β-unsaturated/α-hetero) is 1. The molecule has 0 heterocycles. The lowest BCUT2D eigenvalue weighted by molar-refractivity contribution is -0.114. The molecule has 98 valence electrons. The lowest BCUT2D eigenvalue weighted by Gasteiger charge is -1.97. The highest BCUT2D eigenvalue weighted by Crippen LogP contribution is 2.05. The van der Waals surface area contributed by atoms with Crippen molar-refractivity contribution in [3.05, 3.63) is 35.4 Å². The van der Waals surface area contributed by atoms with Gasteiger partial charge in [-0.3, -0.25) is 0 Å². The summed E-state index contributed by atoms with van der Waals surface area (Å²) in [5.41, 5.74) is 2.83. The zero-order valence-electron chi connectivity index (χ0n) is 12.3. The van der Waals surface area contributed by atoms with E-state index >= 15 is 0 Å². The first-order valence-electron chi connectivity index (χ1n) is 6.50. The van der Waals surface area contributed by atoms with Gasteiger partial charge in [-0.1, -0.05) is 63.4 Å². The van der Waals surface area contributed by atoms with Crippen molar-refractivity contribution >= 4 is 5.78 Å². The molecular weight excluding hydrogens is 208 g/mol. The van der Waals surface area contributed by atoms with Crippen molar-refractivity contribution in [2.45, 2.75) is 60.8 Å². The van der Waals surface area contributed by atoms with Crippen LogP contribution in [0.4, 0.5) is 0 Å². The van der Waals surface area contributed by atoms with Crippen LogP contribution in [0.15, 0.2) is 24.3 Å². The summed E-state index contributed by atoms with van der Waals surface area (Å²) < 4.78 is 0. The predicted molar refractivity (Wildman–Crippen MR) is 77.5 cm³/mol. The Morgan fingerprint density at radius 3 is 1.94 bits per heavy atom. The van der Waals surface area contributed by atoms with Crippen LogP contribution in [-0.4, -0.2) is 5.78 Å². The van der Waals surface area contributed by atoms with Gasteiger partial charge in [-0.15, -0.1) is 0 Å². The van der Waals surface area contributed by atoms with Crippen LogP contribution in [0, 0.1) is 6.92 Å². The SMILES string of the molecule is CC(C)=O.CCC.CCCc1cccc(C)c1. The van der Waals surface area contributed by atoms with Crippen LogP contribution >= 0.6 is 0 Å². The Labute approximate surface area is 107 Å². The Morgan fingerprint density at radius 1 is 1.12 bits per heavy atom. The van der Waals surface area contributed by atoms with Crippen molar-refractivity contribution in [1.29, 1.82) is 0 Å². The molecule has 1 aromatic carbocycles. The average Bonchev–Trinajstić information content (AvgIpc) is 2.18. The summed E-state index contributed by atoms with van der Waals surface area (Å²) in [6.07, 6.45) is 3.70. The van der Waals surface area contributed by atoms with E-state index in [1.54, 1.807) is 0 Å². The minimum atomic E-state index is 0.167. The van der Waals surface area contributed by atoms with Gasteiger partial charge in [-0.2, -0.15) is 0 Å². The molecule has 0 atom stereocenters. The van der Waals surface area contributed by atoms with Crippen LogP contribution < -0.4 is 0 Å². The summed E-state index contributed by atoms with van der Waals surface area (Å²) in [6, 6.07) is 8.71. The first-order chi connectivity index (χ1) is 7.97. The molecule has 1 aromatic rings. The van der Waals surface area contributed by atoms with E-state index in [2.05, 4.69) is 52.0 Å². The molecule has 0 aromatic heterocycles. The van der Waals surface area contributed by atoms with Gasteiger partial charge in [-0.25, -0.2) is 0 Å². The number of hydrogen-bond acceptors (Lipinski definition) is 1. The van der Waals surface area contributed by atoms with E-state index in [4.69, 9.17) is 0 Å². The lowest BCUT2D eigenvalue weighted by atomic mass is 10.1. The van der Waals surface area contributed by atoms with Gasteiger partial charge in [0.1, 0.15) is 5.78 Å². The molecule has 1 nitrogen and oxygen atoms in total. The number of carbonyl (C=O) groups is 1. The van der Waals surface area contributed by atoms with Crippen molar-refractivity contribution < 1.29 is 4.79 Å². The van der Waals surface area contributed by atoms with Crippen molar-refractivity contribution in [2.24, 2.45) is 0 Å². The monoisotopic (exact) mass is 236 g/mol. The number of hydrogen-bond donors (Lipinski definition) is 0. The van der Waals surface area contributed by atoms with E-state index in [1.165, 1.54) is 44.2 Å². The Bertz CT molecular complexity index is 285. The molecule has 1 rings (SSSR count). The summed E-state index contributed by atoms with van der Waals surface area (Å²) in [4.78, 5) is 9.44. The molecule has 0 unspecified atom stereocenters. The number of ketones is 1. The number of rotatable bonds is 2. The second kappa shape index (κ2) is 13.0. The molecule has 1 heteroatoms. The number of benzene rings is 1. The van der Waals surface area contributed by atoms with Crippen molar-refractivity contribution in [3.63, 3.8) is 0 Å². The Hall–Kier alpha value is -1.11. The maximum Gasteiger partial charge on any atom is 0.126 e. The van der Waals surface area contributed by atoms with Gasteiger partial charge in [-0.05, 0) is 32.8 Å². The van der Waals surface area contributed by atoms with Crippen molar-refractivity contribution in [2.75, 3.05) is 0 Å². The average molecular weight is 236 g/mol. The van der Waals surface area contributed by atoms with Gasteiger partial charge >= 0.3 is 0 Å². The number of aryl methyl sites for hydroxylation is 2. The quantitative estimate of drug-likeness (QED) is 0.709. The van der Waals surface area contributed by atoms with Gasteiger partial charge in [0.25, 0.3) is 0 Å². The summed E-state index contributed by atoms with van der Waals surface area (Å²) in [5, 5.41) is 0. The largest absolute Gasteiger partial charge is 0.300 e. The van der Waals surface area contributed by atoms with Gasteiger partial charge < -0.3 is 4.79 Å². The molecule has 0 saturated carbocycles. The molecule has 0 fully saturated rings. The van der Waals surface area contributed by atoms with Crippen LogP contribution in [-0.2, 0) is 11.2 Å². The van der Waals surface area contributed by atoms with Crippen LogP contribution in [0.2, 0.25) is 0 Å². The van der Waals surface area contributed by atoms with Gasteiger partial charge in [0.2, 0.25) is 0 Å². The molecule has 0 aliphatic carbocycles. The predicted octanol–water partition coefficient (Wildman–Crippen LogP) is 4.96. The van der Waals surface area contributed by atoms with E-state index in [-0.39, 0.29) is 5.78 Å². The molecule has 0 saturated heterocycles. The van der Waals surface area contributed by atoms with E-state index in [9.17, 15) is 4.79 Å². The normalized spacial score (nSPS) is 8.35. The molecular formula is C16H28O. The van der Waals surface area contributed by atoms with E-state index < -0.39 is 0 Å². The van der Waals surface area contributed by atoms with Crippen LogP contribution in [0.3, 0.4) is 0 Å². The third-order valence-electron chi connectivity index (χ3n) is 1.62. The van der Waals surface area contributed by atoms with Crippen LogP contribution in [0.5, 0.6) is 0 Å². The second-order valence-electron chi connectivity index (χ2n) is 4.35. The fourth-order valence-electron chi connectivity index (χ4n) is 1.16. The Balaban J connectivity index is 0. The molecule has 0 spiro atoms. The van der Waals surface area contributed by atoms with Crippen LogP contribution in [0.25, 0.3) is 0 Å². The summed E-state index contributed by atoms with van der Waals surface area (Å²) in [6.45, 7) is 11.7. The van der Waals surface area contributed by atoms with Crippen molar-refractivity contribution in [1.82, 2.24) is 0 Å².